The highest BCUT2D eigenvalue weighted by Crippen LogP contribution is 2.33. The molecule has 0 aliphatic carbocycles. The Bertz CT molecular complexity index is 877. The van der Waals surface area contributed by atoms with E-state index < -0.39 is 0 Å². The van der Waals surface area contributed by atoms with Crippen LogP contribution >= 0.6 is 0 Å². The molecule has 0 fully saturated rings. The minimum Gasteiger partial charge on any atom is -0.293 e. The monoisotopic (exact) mass is 345 g/mol. The second-order valence-corrected chi connectivity index (χ2v) is 8.89. The summed E-state index contributed by atoms with van der Waals surface area (Å²) in [6.45, 7) is 12.4. The van der Waals surface area contributed by atoms with Gasteiger partial charge in [-0.25, -0.2) is 0 Å². The lowest BCUT2D eigenvalue weighted by atomic mass is 9.86. The summed E-state index contributed by atoms with van der Waals surface area (Å²) in [7, 11) is 2.22. The number of hydrogen-bond donors (Lipinski definition) is 0. The van der Waals surface area contributed by atoms with Crippen molar-refractivity contribution in [2.24, 2.45) is 0 Å². The smallest absolute Gasteiger partial charge is 0.0411 e. The quantitative estimate of drug-likeness (QED) is 0.521. The first-order valence-corrected chi connectivity index (χ1v) is 9.48. The van der Waals surface area contributed by atoms with Gasteiger partial charge < -0.3 is 0 Å². The van der Waals surface area contributed by atoms with Crippen molar-refractivity contribution in [2.75, 3.05) is 7.05 Å². The van der Waals surface area contributed by atoms with E-state index in [9.17, 15) is 0 Å². The van der Waals surface area contributed by atoms with Crippen molar-refractivity contribution >= 4 is 10.8 Å². The summed E-state index contributed by atoms with van der Waals surface area (Å²) >= 11 is 0. The lowest BCUT2D eigenvalue weighted by molar-refractivity contribution is 0.149. The fraction of sp³-hybridized carbons (Fsp3) is 0.360. The summed E-state index contributed by atoms with van der Waals surface area (Å²) in [5.41, 5.74) is 4.27. The van der Waals surface area contributed by atoms with Gasteiger partial charge in [0.05, 0.1) is 0 Å². The average molecular weight is 346 g/mol. The minimum absolute atomic E-state index is 0.0520. The molecule has 0 aliphatic heterocycles. The Hall–Kier alpha value is -2.12. The highest BCUT2D eigenvalue weighted by atomic mass is 15.2. The number of fused-ring (bicyclic) bond motifs is 1. The van der Waals surface area contributed by atoms with Gasteiger partial charge in [0.25, 0.3) is 0 Å². The van der Waals surface area contributed by atoms with E-state index >= 15 is 0 Å². The summed E-state index contributed by atoms with van der Waals surface area (Å²) in [4.78, 5) is 2.45. The van der Waals surface area contributed by atoms with Gasteiger partial charge in [-0.15, -0.1) is 0 Å². The van der Waals surface area contributed by atoms with E-state index in [0.717, 1.165) is 6.54 Å². The Balaban J connectivity index is 1.87. The molecule has 0 heterocycles. The summed E-state index contributed by atoms with van der Waals surface area (Å²) < 4.78 is 0. The molecular formula is C25H31N. The van der Waals surface area contributed by atoms with Gasteiger partial charge in [0, 0.05) is 12.1 Å². The molecule has 1 heteroatoms. The van der Waals surface area contributed by atoms with Crippen molar-refractivity contribution < 1.29 is 0 Å². The van der Waals surface area contributed by atoms with Gasteiger partial charge in [-0.3, -0.25) is 4.90 Å². The van der Waals surface area contributed by atoms with E-state index in [4.69, 9.17) is 0 Å². The predicted molar refractivity (Wildman–Crippen MR) is 114 cm³/mol. The molecule has 26 heavy (non-hydrogen) atoms. The van der Waals surface area contributed by atoms with Crippen LogP contribution in [0.3, 0.4) is 0 Å². The molecule has 3 aromatic carbocycles. The van der Waals surface area contributed by atoms with E-state index in [0.29, 0.717) is 0 Å². The van der Waals surface area contributed by atoms with Gasteiger partial charge in [0.1, 0.15) is 0 Å². The standard InChI is InChI=1S/C25H31N/c1-24(2,3)21-16-14-19(15-17-21)18-26(6)25(4,5)23-13-9-11-20-10-7-8-12-22(20)23/h7-17H,18H2,1-6H3. The van der Waals surface area contributed by atoms with Crippen molar-refractivity contribution in [1.29, 1.82) is 0 Å². The van der Waals surface area contributed by atoms with Crippen molar-refractivity contribution in [3.05, 3.63) is 83.4 Å². The molecule has 0 saturated carbocycles. The Kier molecular flexibility index (Phi) is 4.94. The molecule has 3 rings (SSSR count). The predicted octanol–water partition coefficient (Wildman–Crippen LogP) is 6.50. The Morgan fingerprint density at radius 3 is 2.00 bits per heavy atom. The molecule has 3 aromatic rings. The first-order valence-electron chi connectivity index (χ1n) is 9.48. The first kappa shape index (κ1) is 18.7. The van der Waals surface area contributed by atoms with E-state index in [1.807, 2.05) is 0 Å². The Labute approximate surface area is 158 Å². The van der Waals surface area contributed by atoms with Crippen LogP contribution < -0.4 is 0 Å². The van der Waals surface area contributed by atoms with Crippen molar-refractivity contribution in [1.82, 2.24) is 4.90 Å². The third-order valence-electron chi connectivity index (χ3n) is 5.64. The highest BCUT2D eigenvalue weighted by Gasteiger charge is 2.27. The fourth-order valence-corrected chi connectivity index (χ4v) is 3.55. The number of nitrogens with zero attached hydrogens (tertiary/aromatic N) is 1. The van der Waals surface area contributed by atoms with E-state index in [-0.39, 0.29) is 11.0 Å². The molecule has 0 bridgehead atoms. The van der Waals surface area contributed by atoms with E-state index in [1.165, 1.54) is 27.5 Å². The van der Waals surface area contributed by atoms with Crippen LogP contribution in [-0.4, -0.2) is 11.9 Å². The van der Waals surface area contributed by atoms with Crippen LogP contribution in [0.25, 0.3) is 10.8 Å². The van der Waals surface area contributed by atoms with Crippen molar-refractivity contribution in [3.8, 4) is 0 Å². The molecule has 0 aliphatic rings. The molecule has 0 atom stereocenters. The molecule has 136 valence electrons. The maximum Gasteiger partial charge on any atom is 0.0411 e. The molecule has 0 amide bonds. The fourth-order valence-electron chi connectivity index (χ4n) is 3.55. The van der Waals surface area contributed by atoms with Crippen molar-refractivity contribution in [2.45, 2.75) is 52.1 Å². The van der Waals surface area contributed by atoms with Gasteiger partial charge in [-0.1, -0.05) is 87.5 Å². The second-order valence-electron chi connectivity index (χ2n) is 8.89. The largest absolute Gasteiger partial charge is 0.293 e. The third-order valence-corrected chi connectivity index (χ3v) is 5.64. The van der Waals surface area contributed by atoms with Crippen LogP contribution in [0.5, 0.6) is 0 Å². The molecule has 0 saturated heterocycles. The summed E-state index contributed by atoms with van der Waals surface area (Å²) in [6, 6.07) is 24.4. The van der Waals surface area contributed by atoms with Crippen LogP contribution in [0.1, 0.15) is 51.3 Å². The SMILES string of the molecule is CN(Cc1ccc(C(C)(C)C)cc1)C(C)(C)c1cccc2ccccc12. The normalized spacial score (nSPS) is 12.7. The Morgan fingerprint density at radius 1 is 0.731 bits per heavy atom. The average Bonchev–Trinajstić information content (AvgIpc) is 2.60. The molecular weight excluding hydrogens is 314 g/mol. The van der Waals surface area contributed by atoms with Crippen LogP contribution in [0.15, 0.2) is 66.7 Å². The Morgan fingerprint density at radius 2 is 1.35 bits per heavy atom. The number of benzene rings is 3. The summed E-state index contributed by atoms with van der Waals surface area (Å²) in [5.74, 6) is 0. The van der Waals surface area contributed by atoms with Gasteiger partial charge in [-0.2, -0.15) is 0 Å². The lowest BCUT2D eigenvalue weighted by Gasteiger charge is -2.37. The van der Waals surface area contributed by atoms with Gasteiger partial charge in [0.2, 0.25) is 0 Å². The zero-order valence-electron chi connectivity index (χ0n) is 17.0. The zero-order chi connectivity index (χ0) is 18.9. The maximum atomic E-state index is 2.45. The van der Waals surface area contributed by atoms with E-state index in [1.54, 1.807) is 0 Å². The molecule has 1 nitrogen and oxygen atoms in total. The number of hydrogen-bond acceptors (Lipinski definition) is 1. The summed E-state index contributed by atoms with van der Waals surface area (Å²) in [6.07, 6.45) is 0. The van der Waals surface area contributed by atoms with Crippen LogP contribution in [-0.2, 0) is 17.5 Å². The summed E-state index contributed by atoms with van der Waals surface area (Å²) in [5, 5.41) is 2.65. The van der Waals surface area contributed by atoms with Crippen LogP contribution in [0, 0.1) is 0 Å². The third kappa shape index (κ3) is 3.68. The molecule has 0 N–H and O–H groups in total. The first-order chi connectivity index (χ1) is 12.2. The van der Waals surface area contributed by atoms with Gasteiger partial charge in [0.15, 0.2) is 0 Å². The maximum absolute atomic E-state index is 2.45. The van der Waals surface area contributed by atoms with E-state index in [2.05, 4.69) is 113 Å². The molecule has 0 unspecified atom stereocenters. The minimum atomic E-state index is -0.0520. The molecule has 0 radical (unpaired) electrons. The number of rotatable bonds is 4. The second kappa shape index (κ2) is 6.89. The molecule has 0 spiro atoms. The van der Waals surface area contributed by atoms with Gasteiger partial charge in [-0.05, 0) is 53.8 Å². The topological polar surface area (TPSA) is 3.24 Å². The molecule has 0 aromatic heterocycles. The van der Waals surface area contributed by atoms with Gasteiger partial charge >= 0.3 is 0 Å². The van der Waals surface area contributed by atoms with Crippen LogP contribution in [0.2, 0.25) is 0 Å². The lowest BCUT2D eigenvalue weighted by Crippen LogP contribution is -2.38. The van der Waals surface area contributed by atoms with Crippen LogP contribution in [0.4, 0.5) is 0 Å². The zero-order valence-corrected chi connectivity index (χ0v) is 17.0. The van der Waals surface area contributed by atoms with Crippen molar-refractivity contribution in [3.63, 3.8) is 0 Å². The highest BCUT2D eigenvalue weighted by molar-refractivity contribution is 5.86.